The highest BCUT2D eigenvalue weighted by Gasteiger charge is 2.26. The van der Waals surface area contributed by atoms with Gasteiger partial charge in [-0.1, -0.05) is 30.3 Å². The number of hydrogen-bond acceptors (Lipinski definition) is 2. The van der Waals surface area contributed by atoms with Gasteiger partial charge in [0.1, 0.15) is 6.54 Å². The van der Waals surface area contributed by atoms with E-state index in [4.69, 9.17) is 5.11 Å². The number of hydrogen-bond donors (Lipinski definition) is 1. The van der Waals surface area contributed by atoms with Crippen LogP contribution in [0.2, 0.25) is 0 Å². The molecule has 1 heterocycles. The van der Waals surface area contributed by atoms with Crippen molar-refractivity contribution in [2.75, 3.05) is 19.6 Å². The Bertz CT molecular complexity index is 433. The minimum Gasteiger partial charge on any atom is -0.480 e. The Hall–Kier alpha value is -2.04. The lowest BCUT2D eigenvalue weighted by molar-refractivity contribution is -0.138. The molecule has 0 spiro atoms. The first-order valence-electron chi connectivity index (χ1n) is 5.96. The summed E-state index contributed by atoms with van der Waals surface area (Å²) in [6, 6.07) is 9.52. The van der Waals surface area contributed by atoms with Gasteiger partial charge in [-0.2, -0.15) is 0 Å². The second-order valence-electron chi connectivity index (χ2n) is 4.36. The van der Waals surface area contributed by atoms with Gasteiger partial charge in [0.25, 0.3) is 0 Å². The molecule has 0 radical (unpaired) electrons. The van der Waals surface area contributed by atoms with Crippen LogP contribution in [0.25, 0.3) is 0 Å². The molecule has 1 saturated heterocycles. The van der Waals surface area contributed by atoms with E-state index < -0.39 is 5.97 Å². The lowest BCUT2D eigenvalue weighted by Gasteiger charge is -2.34. The van der Waals surface area contributed by atoms with Gasteiger partial charge in [0.2, 0.25) is 0 Å². The number of carbonyl (C=O) groups is 2. The van der Waals surface area contributed by atoms with Crippen molar-refractivity contribution in [3.63, 3.8) is 0 Å². The first-order valence-corrected chi connectivity index (χ1v) is 5.96. The van der Waals surface area contributed by atoms with Crippen molar-refractivity contribution in [2.24, 2.45) is 0 Å². The van der Waals surface area contributed by atoms with E-state index in [-0.39, 0.29) is 12.6 Å². The Morgan fingerprint density at radius 1 is 1.17 bits per heavy atom. The third-order valence-electron chi connectivity index (χ3n) is 2.94. The molecule has 5 heteroatoms. The van der Waals surface area contributed by atoms with E-state index in [1.807, 2.05) is 30.3 Å². The molecule has 5 nitrogen and oxygen atoms in total. The third-order valence-corrected chi connectivity index (χ3v) is 2.94. The molecule has 18 heavy (non-hydrogen) atoms. The second kappa shape index (κ2) is 5.53. The quantitative estimate of drug-likeness (QED) is 0.876. The predicted molar refractivity (Wildman–Crippen MR) is 66.1 cm³/mol. The third kappa shape index (κ3) is 3.00. The molecule has 0 bridgehead atoms. The molecule has 1 aliphatic rings. The van der Waals surface area contributed by atoms with Crippen LogP contribution in [0.15, 0.2) is 30.3 Å². The number of rotatable bonds is 4. The molecular weight excluding hydrogens is 232 g/mol. The largest absolute Gasteiger partial charge is 0.480 e. The van der Waals surface area contributed by atoms with Crippen LogP contribution in [0.4, 0.5) is 4.79 Å². The summed E-state index contributed by atoms with van der Waals surface area (Å²) in [5, 5.41) is 8.75. The molecule has 2 amide bonds. The highest BCUT2D eigenvalue weighted by Crippen LogP contribution is 2.13. The van der Waals surface area contributed by atoms with Crippen LogP contribution < -0.4 is 0 Å². The Morgan fingerprint density at radius 3 is 2.50 bits per heavy atom. The first kappa shape index (κ1) is 12.4. The van der Waals surface area contributed by atoms with Gasteiger partial charge in [0.05, 0.1) is 0 Å². The fourth-order valence-corrected chi connectivity index (χ4v) is 2.10. The monoisotopic (exact) mass is 248 g/mol. The zero-order chi connectivity index (χ0) is 13.0. The highest BCUT2D eigenvalue weighted by atomic mass is 16.4. The molecule has 1 aromatic rings. The summed E-state index contributed by atoms with van der Waals surface area (Å²) < 4.78 is 0. The Morgan fingerprint density at radius 2 is 1.83 bits per heavy atom. The molecule has 0 aromatic heterocycles. The Balaban J connectivity index is 2.00. The summed E-state index contributed by atoms with van der Waals surface area (Å²) in [6.07, 6.45) is 0.811. The number of amides is 2. The summed E-state index contributed by atoms with van der Waals surface area (Å²) in [6.45, 7) is 1.53. The summed E-state index contributed by atoms with van der Waals surface area (Å²) in [7, 11) is 0. The average Bonchev–Trinajstić information content (AvgIpc) is 2.35. The van der Waals surface area contributed by atoms with Crippen LogP contribution in [-0.2, 0) is 11.3 Å². The van der Waals surface area contributed by atoms with Gasteiger partial charge in [-0.15, -0.1) is 0 Å². The van der Waals surface area contributed by atoms with E-state index >= 15 is 0 Å². The summed E-state index contributed by atoms with van der Waals surface area (Å²) in [5.74, 6) is -0.968. The maximum atomic E-state index is 12.1. The number of urea groups is 1. The van der Waals surface area contributed by atoms with Crippen molar-refractivity contribution in [1.82, 2.24) is 9.80 Å². The van der Waals surface area contributed by atoms with Crippen LogP contribution in [0.1, 0.15) is 12.0 Å². The second-order valence-corrected chi connectivity index (χ2v) is 4.36. The minimum atomic E-state index is -0.968. The molecule has 1 aliphatic heterocycles. The van der Waals surface area contributed by atoms with E-state index in [1.165, 1.54) is 4.90 Å². The topological polar surface area (TPSA) is 60.9 Å². The van der Waals surface area contributed by atoms with E-state index in [2.05, 4.69) is 0 Å². The molecule has 96 valence electrons. The average molecular weight is 248 g/mol. The van der Waals surface area contributed by atoms with Crippen molar-refractivity contribution in [3.05, 3.63) is 35.9 Å². The van der Waals surface area contributed by atoms with Crippen molar-refractivity contribution in [1.29, 1.82) is 0 Å². The zero-order valence-electron chi connectivity index (χ0n) is 10.1. The number of carbonyl (C=O) groups excluding carboxylic acids is 1. The van der Waals surface area contributed by atoms with Gasteiger partial charge in [-0.25, -0.2) is 4.79 Å². The van der Waals surface area contributed by atoms with Crippen LogP contribution in [0.5, 0.6) is 0 Å². The van der Waals surface area contributed by atoms with E-state index in [1.54, 1.807) is 4.90 Å². The highest BCUT2D eigenvalue weighted by molar-refractivity contribution is 5.80. The lowest BCUT2D eigenvalue weighted by Crippen LogP contribution is -2.50. The van der Waals surface area contributed by atoms with Gasteiger partial charge >= 0.3 is 12.0 Å². The summed E-state index contributed by atoms with van der Waals surface area (Å²) in [4.78, 5) is 25.8. The number of nitrogens with zero attached hydrogens (tertiary/aromatic N) is 2. The van der Waals surface area contributed by atoms with E-state index in [9.17, 15) is 9.59 Å². The number of carboxylic acids is 1. The fraction of sp³-hybridized carbons (Fsp3) is 0.385. The maximum absolute atomic E-state index is 12.1. The zero-order valence-corrected chi connectivity index (χ0v) is 10.1. The van der Waals surface area contributed by atoms with Gasteiger partial charge < -0.3 is 14.9 Å². The number of carboxylic acid groups (broad SMARTS) is 1. The molecule has 1 fully saturated rings. The minimum absolute atomic E-state index is 0.187. The van der Waals surface area contributed by atoms with Gasteiger partial charge in [-0.3, -0.25) is 4.79 Å². The standard InChI is InChI=1S/C13H16N2O3/c16-12(17)10-15-8-4-7-14(13(15)18)9-11-5-2-1-3-6-11/h1-3,5-6H,4,7-10H2,(H,16,17). The normalized spacial score (nSPS) is 15.9. The van der Waals surface area contributed by atoms with E-state index in [0.717, 1.165) is 12.0 Å². The summed E-state index contributed by atoms with van der Waals surface area (Å²) >= 11 is 0. The van der Waals surface area contributed by atoms with Crippen molar-refractivity contribution in [3.8, 4) is 0 Å². The van der Waals surface area contributed by atoms with Crippen molar-refractivity contribution < 1.29 is 14.7 Å². The molecule has 0 aliphatic carbocycles. The van der Waals surface area contributed by atoms with Gasteiger partial charge in [0, 0.05) is 19.6 Å². The molecule has 1 aromatic carbocycles. The summed E-state index contributed by atoms with van der Waals surface area (Å²) in [5.41, 5.74) is 1.06. The van der Waals surface area contributed by atoms with Crippen LogP contribution in [0, 0.1) is 0 Å². The Kier molecular flexibility index (Phi) is 3.82. The first-order chi connectivity index (χ1) is 8.66. The van der Waals surface area contributed by atoms with Crippen LogP contribution in [0.3, 0.4) is 0 Å². The molecule has 0 unspecified atom stereocenters. The maximum Gasteiger partial charge on any atom is 0.323 e. The predicted octanol–water partition coefficient (Wildman–Crippen LogP) is 1.40. The lowest BCUT2D eigenvalue weighted by atomic mass is 10.2. The Labute approximate surface area is 106 Å². The smallest absolute Gasteiger partial charge is 0.323 e. The SMILES string of the molecule is O=C(O)CN1CCCN(Cc2ccccc2)C1=O. The van der Waals surface area contributed by atoms with Crippen LogP contribution in [-0.4, -0.2) is 46.5 Å². The van der Waals surface area contributed by atoms with Gasteiger partial charge in [0.15, 0.2) is 0 Å². The van der Waals surface area contributed by atoms with Crippen LogP contribution >= 0.6 is 0 Å². The van der Waals surface area contributed by atoms with Gasteiger partial charge in [-0.05, 0) is 12.0 Å². The number of aliphatic carboxylic acids is 1. The molecule has 0 atom stereocenters. The number of benzene rings is 1. The fourth-order valence-electron chi connectivity index (χ4n) is 2.10. The molecule has 1 N–H and O–H groups in total. The molecule has 0 saturated carbocycles. The van der Waals surface area contributed by atoms with E-state index in [0.29, 0.717) is 19.6 Å². The molecule has 2 rings (SSSR count). The van der Waals surface area contributed by atoms with Crippen molar-refractivity contribution in [2.45, 2.75) is 13.0 Å². The van der Waals surface area contributed by atoms with Crippen molar-refractivity contribution >= 4 is 12.0 Å². The molecular formula is C13H16N2O3.